The number of nitrogens with zero attached hydrogens (tertiary/aromatic N) is 2. The maximum Gasteiger partial charge on any atom is 0.253 e. The Labute approximate surface area is 175 Å². The van der Waals surface area contributed by atoms with E-state index in [9.17, 15) is 9.59 Å². The van der Waals surface area contributed by atoms with E-state index in [0.717, 1.165) is 48.8 Å². The summed E-state index contributed by atoms with van der Waals surface area (Å²) in [6.07, 6.45) is 4.69. The number of hydrogen-bond donors (Lipinski definition) is 1. The van der Waals surface area contributed by atoms with Crippen LogP contribution in [0.3, 0.4) is 0 Å². The monoisotopic (exact) mass is 403 g/mol. The molecular formula is C24H25N3O3. The highest BCUT2D eigenvalue weighted by atomic mass is 16.3. The Morgan fingerprint density at radius 1 is 1.03 bits per heavy atom. The van der Waals surface area contributed by atoms with Gasteiger partial charge >= 0.3 is 0 Å². The Balaban J connectivity index is 1.24. The average molecular weight is 403 g/mol. The molecule has 2 atom stereocenters. The molecule has 2 saturated carbocycles. The SMILES string of the molecule is CN(C(=O)c1ccc(-c2nc3ccccc3o2)cc1)C1CC[C@H](NC(=O)C2CC2)C1. The molecule has 2 aliphatic carbocycles. The first kappa shape index (κ1) is 18.9. The lowest BCUT2D eigenvalue weighted by Gasteiger charge is -2.25. The second kappa shape index (κ2) is 7.59. The van der Waals surface area contributed by atoms with Crippen LogP contribution in [-0.4, -0.2) is 40.8 Å². The topological polar surface area (TPSA) is 75.4 Å². The van der Waals surface area contributed by atoms with Crippen molar-refractivity contribution in [1.29, 1.82) is 0 Å². The van der Waals surface area contributed by atoms with Crippen molar-refractivity contribution in [2.24, 2.45) is 5.92 Å². The molecular weight excluding hydrogens is 378 g/mol. The van der Waals surface area contributed by atoms with Gasteiger partial charge in [-0.1, -0.05) is 12.1 Å². The number of carbonyl (C=O) groups excluding carboxylic acids is 2. The molecule has 1 unspecified atom stereocenters. The van der Waals surface area contributed by atoms with Gasteiger partial charge in [0.25, 0.3) is 5.91 Å². The van der Waals surface area contributed by atoms with Crippen LogP contribution in [0, 0.1) is 5.92 Å². The minimum atomic E-state index is -0.00159. The summed E-state index contributed by atoms with van der Waals surface area (Å²) in [7, 11) is 1.85. The van der Waals surface area contributed by atoms with E-state index < -0.39 is 0 Å². The first-order valence-electron chi connectivity index (χ1n) is 10.6. The second-order valence-electron chi connectivity index (χ2n) is 8.43. The van der Waals surface area contributed by atoms with E-state index in [1.807, 2.05) is 60.5 Å². The molecule has 6 nitrogen and oxygen atoms in total. The first-order chi connectivity index (χ1) is 14.6. The molecule has 154 valence electrons. The summed E-state index contributed by atoms with van der Waals surface area (Å²) in [5, 5.41) is 3.15. The number of nitrogens with one attached hydrogen (secondary N) is 1. The van der Waals surface area contributed by atoms with E-state index in [-0.39, 0.29) is 29.8 Å². The fourth-order valence-corrected chi connectivity index (χ4v) is 4.23. The number of fused-ring (bicyclic) bond motifs is 1. The highest BCUT2D eigenvalue weighted by molar-refractivity contribution is 5.94. The van der Waals surface area contributed by atoms with Gasteiger partial charge in [0.05, 0.1) is 0 Å². The van der Waals surface area contributed by atoms with Crippen LogP contribution in [-0.2, 0) is 4.79 Å². The van der Waals surface area contributed by atoms with E-state index >= 15 is 0 Å². The lowest BCUT2D eigenvalue weighted by Crippen LogP contribution is -2.38. The Morgan fingerprint density at radius 3 is 2.53 bits per heavy atom. The normalized spacial score (nSPS) is 21.0. The van der Waals surface area contributed by atoms with E-state index in [0.29, 0.717) is 11.5 Å². The molecule has 0 aliphatic heterocycles. The largest absolute Gasteiger partial charge is 0.436 e. The van der Waals surface area contributed by atoms with Crippen molar-refractivity contribution in [1.82, 2.24) is 15.2 Å². The fraction of sp³-hybridized carbons (Fsp3) is 0.375. The lowest BCUT2D eigenvalue weighted by molar-refractivity contribution is -0.122. The lowest BCUT2D eigenvalue weighted by atomic mass is 10.1. The molecule has 1 heterocycles. The van der Waals surface area contributed by atoms with Crippen molar-refractivity contribution in [3.05, 3.63) is 54.1 Å². The summed E-state index contributed by atoms with van der Waals surface area (Å²) in [5.41, 5.74) is 3.05. The third kappa shape index (κ3) is 3.70. The van der Waals surface area contributed by atoms with Crippen LogP contribution in [0.15, 0.2) is 52.9 Å². The van der Waals surface area contributed by atoms with Gasteiger partial charge in [0.1, 0.15) is 5.52 Å². The number of oxazole rings is 1. The van der Waals surface area contributed by atoms with Crippen molar-refractivity contribution in [2.75, 3.05) is 7.05 Å². The number of amides is 2. The standard InChI is InChI=1S/C24H25N3O3/c1-27(19-13-12-18(14-19)25-22(28)15-6-7-15)24(29)17-10-8-16(9-11-17)23-26-20-4-2-3-5-21(20)30-23/h2-5,8-11,15,18-19H,6-7,12-14H2,1H3,(H,25,28)/t18-,19?/m0/s1. The molecule has 0 bridgehead atoms. The maximum absolute atomic E-state index is 13.0. The number of benzene rings is 2. The van der Waals surface area contributed by atoms with Crippen LogP contribution in [0.1, 0.15) is 42.5 Å². The van der Waals surface area contributed by atoms with Crippen molar-refractivity contribution in [2.45, 2.75) is 44.2 Å². The molecule has 0 spiro atoms. The number of hydrogen-bond acceptors (Lipinski definition) is 4. The Morgan fingerprint density at radius 2 is 1.80 bits per heavy atom. The minimum Gasteiger partial charge on any atom is -0.436 e. The van der Waals surface area contributed by atoms with Gasteiger partial charge in [0, 0.05) is 36.2 Å². The highest BCUT2D eigenvalue weighted by Crippen LogP contribution is 2.31. The van der Waals surface area contributed by atoms with Crippen LogP contribution in [0.2, 0.25) is 0 Å². The molecule has 2 aromatic carbocycles. The Kier molecular flexibility index (Phi) is 4.77. The molecule has 6 heteroatoms. The quantitative estimate of drug-likeness (QED) is 0.698. The van der Waals surface area contributed by atoms with Crippen LogP contribution in [0.25, 0.3) is 22.6 Å². The summed E-state index contributed by atoms with van der Waals surface area (Å²) in [6.45, 7) is 0. The van der Waals surface area contributed by atoms with Crippen molar-refractivity contribution < 1.29 is 14.0 Å². The Bertz CT molecular complexity index is 1050. The zero-order chi connectivity index (χ0) is 20.7. The van der Waals surface area contributed by atoms with E-state index in [2.05, 4.69) is 10.3 Å². The van der Waals surface area contributed by atoms with Crippen molar-refractivity contribution in [3.8, 4) is 11.5 Å². The van der Waals surface area contributed by atoms with Crippen molar-refractivity contribution in [3.63, 3.8) is 0 Å². The molecule has 0 radical (unpaired) electrons. The zero-order valence-electron chi connectivity index (χ0n) is 17.0. The summed E-state index contributed by atoms with van der Waals surface area (Å²) < 4.78 is 5.81. The van der Waals surface area contributed by atoms with Crippen LogP contribution >= 0.6 is 0 Å². The van der Waals surface area contributed by atoms with Crippen LogP contribution in [0.4, 0.5) is 0 Å². The molecule has 1 N–H and O–H groups in total. The molecule has 2 aliphatic rings. The predicted molar refractivity (Wildman–Crippen MR) is 114 cm³/mol. The van der Waals surface area contributed by atoms with E-state index in [4.69, 9.17) is 4.42 Å². The first-order valence-corrected chi connectivity index (χ1v) is 10.6. The van der Waals surface area contributed by atoms with Crippen LogP contribution < -0.4 is 5.32 Å². The summed E-state index contributed by atoms with van der Waals surface area (Å²) >= 11 is 0. The summed E-state index contributed by atoms with van der Waals surface area (Å²) in [6, 6.07) is 15.4. The molecule has 5 rings (SSSR count). The van der Waals surface area contributed by atoms with E-state index in [1.165, 1.54) is 0 Å². The smallest absolute Gasteiger partial charge is 0.253 e. The van der Waals surface area contributed by atoms with Gasteiger partial charge in [0.15, 0.2) is 5.58 Å². The molecule has 2 fully saturated rings. The van der Waals surface area contributed by atoms with Crippen LogP contribution in [0.5, 0.6) is 0 Å². The third-order valence-corrected chi connectivity index (χ3v) is 6.24. The van der Waals surface area contributed by atoms with Crippen molar-refractivity contribution >= 4 is 22.9 Å². The number of carbonyl (C=O) groups is 2. The van der Waals surface area contributed by atoms with Gasteiger partial charge in [-0.3, -0.25) is 9.59 Å². The molecule has 30 heavy (non-hydrogen) atoms. The average Bonchev–Trinajstić information content (AvgIpc) is 3.37. The second-order valence-corrected chi connectivity index (χ2v) is 8.43. The fourth-order valence-electron chi connectivity index (χ4n) is 4.23. The summed E-state index contributed by atoms with van der Waals surface area (Å²) in [5.74, 6) is 0.958. The molecule has 2 amide bonds. The number of para-hydroxylation sites is 2. The molecule has 0 saturated heterocycles. The van der Waals surface area contributed by atoms with Gasteiger partial charge < -0.3 is 14.6 Å². The zero-order valence-corrected chi connectivity index (χ0v) is 17.0. The number of rotatable bonds is 5. The number of aromatic nitrogens is 1. The van der Waals surface area contributed by atoms with E-state index in [1.54, 1.807) is 0 Å². The highest BCUT2D eigenvalue weighted by Gasteiger charge is 2.35. The summed E-state index contributed by atoms with van der Waals surface area (Å²) in [4.78, 5) is 31.3. The predicted octanol–water partition coefficient (Wildman–Crippen LogP) is 4.01. The third-order valence-electron chi connectivity index (χ3n) is 6.24. The van der Waals surface area contributed by atoms with Gasteiger partial charge in [-0.05, 0) is 68.5 Å². The van der Waals surface area contributed by atoms with Gasteiger partial charge in [-0.2, -0.15) is 0 Å². The van der Waals surface area contributed by atoms with Gasteiger partial charge in [-0.25, -0.2) is 4.98 Å². The van der Waals surface area contributed by atoms with Gasteiger partial charge in [0.2, 0.25) is 11.8 Å². The minimum absolute atomic E-state index is 0.00159. The van der Waals surface area contributed by atoms with Gasteiger partial charge in [-0.15, -0.1) is 0 Å². The molecule has 1 aromatic heterocycles. The maximum atomic E-state index is 13.0. The Hall–Kier alpha value is -3.15. The molecule has 3 aromatic rings.